The van der Waals surface area contributed by atoms with Crippen LogP contribution in [0.25, 0.3) is 116 Å². The number of nitrogens with zero attached hydrogens (tertiary/aromatic N) is 2. The van der Waals surface area contributed by atoms with Crippen LogP contribution < -0.4 is 21.3 Å². The van der Waals surface area contributed by atoms with Gasteiger partial charge in [0.2, 0.25) is 0 Å². The lowest BCUT2D eigenvalue weighted by Crippen LogP contribution is -2.60. The molecule has 2 aliphatic heterocycles. The number of H-pyrrole nitrogens is 1. The van der Waals surface area contributed by atoms with E-state index in [0.717, 1.165) is 111 Å². The molecule has 4 heterocycles. The Labute approximate surface area is 524 Å². The number of aromatic amines is 1. The molecule has 2 aromatic heterocycles. The van der Waals surface area contributed by atoms with Crippen molar-refractivity contribution in [3.63, 3.8) is 0 Å². The van der Waals surface area contributed by atoms with Crippen LogP contribution >= 0.6 is 0 Å². The zero-order chi connectivity index (χ0) is 64.3. The van der Waals surface area contributed by atoms with Crippen LogP contribution in [0.1, 0.15) is 85.9 Å². The van der Waals surface area contributed by atoms with Crippen molar-refractivity contribution in [1.82, 2.24) is 9.55 Å². The van der Waals surface area contributed by atoms with Gasteiger partial charge in [-0.2, -0.15) is 0 Å². The molecule has 0 saturated carbocycles. The van der Waals surface area contributed by atoms with Crippen molar-refractivity contribution in [3.05, 3.63) is 271 Å². The van der Waals surface area contributed by atoms with E-state index >= 15 is 0 Å². The van der Waals surface area contributed by atoms with E-state index < -0.39 is 6.04 Å². The first-order valence-electron chi connectivity index (χ1n) is 33.4. The van der Waals surface area contributed by atoms with Crippen LogP contribution in [0.4, 0.5) is 17.1 Å². The van der Waals surface area contributed by atoms with E-state index in [0.29, 0.717) is 5.56 Å². The molecule has 0 fully saturated rings. The van der Waals surface area contributed by atoms with Crippen LogP contribution in [-0.4, -0.2) is 16.3 Å². The quantitative estimate of drug-likeness (QED) is 0.158. The fourth-order valence-corrected chi connectivity index (χ4v) is 14.3. The van der Waals surface area contributed by atoms with Crippen molar-refractivity contribution in [2.24, 2.45) is 0 Å². The van der Waals surface area contributed by atoms with Crippen molar-refractivity contribution in [2.45, 2.75) is 78.6 Å². The molecular formula is C84H70BN3. The zero-order valence-corrected chi connectivity index (χ0v) is 51.3. The molecule has 2 aliphatic rings. The van der Waals surface area contributed by atoms with Gasteiger partial charge in [0.1, 0.15) is 0 Å². The van der Waals surface area contributed by atoms with E-state index in [1.165, 1.54) is 44.2 Å². The molecule has 12 aromatic carbocycles. The minimum atomic E-state index is -0.407. The molecule has 16 rings (SSSR count). The summed E-state index contributed by atoms with van der Waals surface area (Å²) in [5, 5.41) is 4.23. The average Bonchev–Trinajstić information content (AvgIpc) is 1.61. The van der Waals surface area contributed by atoms with Crippen molar-refractivity contribution < 1.29 is 6.85 Å². The molecular weight excluding hydrogens is 1060 g/mol. The van der Waals surface area contributed by atoms with E-state index in [2.05, 4.69) is 295 Å². The molecule has 0 radical (unpaired) electrons. The third kappa shape index (κ3) is 8.55. The predicted octanol–water partition coefficient (Wildman–Crippen LogP) is 20.9. The number of aromatic nitrogens is 2. The number of nitrogens with one attached hydrogen (secondary N) is 1. The topological polar surface area (TPSA) is 24.0 Å². The van der Waals surface area contributed by atoms with E-state index in [-0.39, 0.29) is 52.7 Å². The number of hydrogen-bond acceptors (Lipinski definition) is 1. The summed E-state index contributed by atoms with van der Waals surface area (Å²) in [5.74, 6) is 0. The Morgan fingerprint density at radius 3 is 1.61 bits per heavy atom. The summed E-state index contributed by atoms with van der Waals surface area (Å²) in [7, 11) is 0. The molecule has 4 heteroatoms. The molecule has 0 atom stereocenters. The standard InChI is InChI=1S/C84H70BN3/c1-82(2,3)59-44-58(45-60(48-59)83(4,5)6)57-38-42-71-75(47-57)87(62-40-36-54(37-41-62)52-24-13-10-14-25-52)81-77-68-35-23-34-67(66-33-22-21-32-65(66)64-31-20-19-30-63(64)55-28-17-12-18-29-55)79(68)86-73(77)51-76-78(81)85(71)72-50-61(84(7,8)9)49-70-69-46-56(53-26-15-11-16-27-53)39-43-74(69)88(76)80(70)72/h10-51,86H,1-9H3/i11D,15D,16D,26D,27D. The van der Waals surface area contributed by atoms with Crippen LogP contribution in [0.5, 0.6) is 0 Å². The van der Waals surface area contributed by atoms with Gasteiger partial charge >= 0.3 is 0 Å². The summed E-state index contributed by atoms with van der Waals surface area (Å²) in [5.41, 5.74) is 27.5. The summed E-state index contributed by atoms with van der Waals surface area (Å²) in [6.07, 6.45) is 0. The van der Waals surface area contributed by atoms with Crippen molar-refractivity contribution >= 4 is 83.8 Å². The van der Waals surface area contributed by atoms with Gasteiger partial charge in [-0.3, -0.25) is 0 Å². The summed E-state index contributed by atoms with van der Waals surface area (Å²) in [4.78, 5) is 6.76. The van der Waals surface area contributed by atoms with Crippen LogP contribution in [0.15, 0.2) is 255 Å². The summed E-state index contributed by atoms with van der Waals surface area (Å²) in [6.45, 7) is 20.5. The van der Waals surface area contributed by atoms with E-state index in [1.54, 1.807) is 0 Å². The molecule has 424 valence electrons. The van der Waals surface area contributed by atoms with Gasteiger partial charge in [-0.25, -0.2) is 0 Å². The van der Waals surface area contributed by atoms with Gasteiger partial charge in [0, 0.05) is 49.7 Å². The molecule has 3 nitrogen and oxygen atoms in total. The van der Waals surface area contributed by atoms with Gasteiger partial charge in [0.05, 0.1) is 29.1 Å². The SMILES string of the molecule is [2H]c1c([2H])c([2H])c(-c2ccc3c(c2)c2cc(C(C)(C)C)cc4c2n3-c2cc3[nH]c5c(-c6ccccc6-c6ccccc6-c6ccccc6)cccc5c3c3c2B4c2ccc(-c4cc(C(C)(C)C)cc(C(C)(C)C)c4)cc2N3c2ccc(-c3ccccc3)cc2)c([2H])c1[2H]. The molecule has 1 N–H and O–H groups in total. The minimum absolute atomic E-state index is 0.100. The molecule has 0 saturated heterocycles. The Balaban J connectivity index is 1.05. The first-order valence-corrected chi connectivity index (χ1v) is 30.9. The Kier molecular flexibility index (Phi) is 10.9. The maximum Gasteiger partial charge on any atom is 0.252 e. The molecule has 88 heavy (non-hydrogen) atoms. The minimum Gasteiger partial charge on any atom is -0.354 e. The van der Waals surface area contributed by atoms with Crippen LogP contribution in [0.3, 0.4) is 0 Å². The highest BCUT2D eigenvalue weighted by Gasteiger charge is 2.44. The number of fused-ring (bicyclic) bond motifs is 11. The second-order valence-corrected chi connectivity index (χ2v) is 27.4. The maximum atomic E-state index is 9.19. The highest BCUT2D eigenvalue weighted by molar-refractivity contribution is 7.00. The van der Waals surface area contributed by atoms with Crippen LogP contribution in [-0.2, 0) is 16.2 Å². The predicted molar refractivity (Wildman–Crippen MR) is 378 cm³/mol. The Hall–Kier alpha value is -9.90. The van der Waals surface area contributed by atoms with Crippen molar-refractivity contribution in [1.29, 1.82) is 0 Å². The normalized spacial score (nSPS) is 13.8. The van der Waals surface area contributed by atoms with Gasteiger partial charge in [0.15, 0.2) is 0 Å². The monoisotopic (exact) mass is 1140 g/mol. The lowest BCUT2D eigenvalue weighted by Gasteiger charge is -2.41. The average molecular weight is 1140 g/mol. The third-order valence-electron chi connectivity index (χ3n) is 18.9. The number of anilines is 3. The Bertz CT molecular complexity index is 5390. The number of rotatable bonds is 7. The van der Waals surface area contributed by atoms with Crippen molar-refractivity contribution in [2.75, 3.05) is 4.90 Å². The summed E-state index contributed by atoms with van der Waals surface area (Å²) < 4.78 is 46.9. The van der Waals surface area contributed by atoms with Gasteiger partial charge in [-0.15, -0.1) is 0 Å². The van der Waals surface area contributed by atoms with E-state index in [1.807, 2.05) is 6.07 Å². The smallest absolute Gasteiger partial charge is 0.252 e. The van der Waals surface area contributed by atoms with Gasteiger partial charge in [-0.1, -0.05) is 275 Å². The number of benzene rings is 12. The van der Waals surface area contributed by atoms with E-state index in [9.17, 15) is 2.74 Å². The van der Waals surface area contributed by atoms with Crippen LogP contribution in [0, 0.1) is 0 Å². The fourth-order valence-electron chi connectivity index (χ4n) is 14.3. The van der Waals surface area contributed by atoms with Gasteiger partial charge < -0.3 is 14.5 Å². The Morgan fingerprint density at radius 1 is 0.386 bits per heavy atom. The second-order valence-electron chi connectivity index (χ2n) is 27.4. The first kappa shape index (κ1) is 48.2. The highest BCUT2D eigenvalue weighted by Crippen LogP contribution is 2.51. The molecule has 0 amide bonds. The molecule has 0 spiro atoms. The summed E-state index contributed by atoms with van der Waals surface area (Å²) in [6, 6.07) is 81.1. The largest absolute Gasteiger partial charge is 0.354 e. The number of para-hydroxylation sites is 1. The van der Waals surface area contributed by atoms with Gasteiger partial charge in [0.25, 0.3) is 6.71 Å². The first-order chi connectivity index (χ1) is 44.6. The molecule has 0 unspecified atom stereocenters. The molecule has 0 bridgehead atoms. The summed E-state index contributed by atoms with van der Waals surface area (Å²) >= 11 is 0. The van der Waals surface area contributed by atoms with Gasteiger partial charge in [-0.05, 0) is 153 Å². The Morgan fingerprint density at radius 2 is 0.943 bits per heavy atom. The zero-order valence-electron chi connectivity index (χ0n) is 56.3. The second kappa shape index (κ2) is 19.8. The molecule has 14 aromatic rings. The van der Waals surface area contributed by atoms with Crippen LogP contribution in [0.2, 0.25) is 0 Å². The molecule has 0 aliphatic carbocycles. The number of hydrogen-bond donors (Lipinski definition) is 1. The fraction of sp³-hybridized carbons (Fsp3) is 0.143. The van der Waals surface area contributed by atoms with Crippen molar-refractivity contribution in [3.8, 4) is 72.4 Å². The lowest BCUT2D eigenvalue weighted by atomic mass is 9.33. The lowest BCUT2D eigenvalue weighted by molar-refractivity contribution is 0.569. The third-order valence-corrected chi connectivity index (χ3v) is 18.9. The van der Waals surface area contributed by atoms with E-state index in [4.69, 9.17) is 4.11 Å². The highest BCUT2D eigenvalue weighted by atomic mass is 15.2. The maximum absolute atomic E-state index is 9.19.